The molecule has 126 valence electrons. The van der Waals surface area contributed by atoms with Gasteiger partial charge in [0, 0.05) is 21.5 Å². The fourth-order valence-corrected chi connectivity index (χ4v) is 3.33. The van der Waals surface area contributed by atoms with Crippen LogP contribution in [0.3, 0.4) is 0 Å². The van der Waals surface area contributed by atoms with Crippen LogP contribution in [0.2, 0.25) is 0 Å². The minimum atomic E-state index is 1.08. The molecule has 4 rings (SSSR count). The molecule has 26 heavy (non-hydrogen) atoms. The molecule has 0 atom stereocenters. The minimum absolute atomic E-state index is 1.08. The quantitative estimate of drug-likeness (QED) is 0.341. The Morgan fingerprint density at radius 2 is 1.00 bits per heavy atom. The first-order valence-corrected chi connectivity index (χ1v) is 9.37. The summed E-state index contributed by atoms with van der Waals surface area (Å²) in [6.07, 6.45) is 0. The second-order valence-corrected chi connectivity index (χ2v) is 6.98. The summed E-state index contributed by atoms with van der Waals surface area (Å²) in [4.78, 5) is 2.28. The van der Waals surface area contributed by atoms with Crippen LogP contribution >= 0.6 is 15.9 Å². The van der Waals surface area contributed by atoms with Crippen LogP contribution in [0.1, 0.15) is 0 Å². The van der Waals surface area contributed by atoms with Crippen LogP contribution in [0.25, 0.3) is 11.1 Å². The van der Waals surface area contributed by atoms with Gasteiger partial charge in [0.2, 0.25) is 0 Å². The van der Waals surface area contributed by atoms with Gasteiger partial charge in [-0.1, -0.05) is 76.6 Å². The molecule has 0 radical (unpaired) electrons. The first-order chi connectivity index (χ1) is 12.8. The van der Waals surface area contributed by atoms with E-state index < -0.39 is 0 Å². The molecule has 0 saturated carbocycles. The Kier molecular flexibility index (Phi) is 4.85. The van der Waals surface area contributed by atoms with E-state index >= 15 is 0 Å². The molecule has 0 saturated heterocycles. The summed E-state index contributed by atoms with van der Waals surface area (Å²) in [7, 11) is 0. The predicted molar refractivity (Wildman–Crippen MR) is 114 cm³/mol. The van der Waals surface area contributed by atoms with Gasteiger partial charge >= 0.3 is 0 Å². The average Bonchev–Trinajstić information content (AvgIpc) is 2.71. The van der Waals surface area contributed by atoms with Gasteiger partial charge in [0.05, 0.1) is 0 Å². The Hall–Kier alpha value is -2.84. The predicted octanol–water partition coefficient (Wildman–Crippen LogP) is 7.59. The lowest BCUT2D eigenvalue weighted by Gasteiger charge is -2.26. The standard InChI is InChI=1S/C24H18BrN/c25-21-14-16-23(17-15-21)26(22-11-5-2-6-12-22)24-13-7-10-20(18-24)19-8-3-1-4-9-19/h1-18H. The highest BCUT2D eigenvalue weighted by molar-refractivity contribution is 9.10. The Morgan fingerprint density at radius 1 is 0.462 bits per heavy atom. The Bertz CT molecular complexity index is 979. The lowest BCUT2D eigenvalue weighted by Crippen LogP contribution is -2.09. The van der Waals surface area contributed by atoms with Crippen LogP contribution in [-0.2, 0) is 0 Å². The van der Waals surface area contributed by atoms with Gasteiger partial charge in [0.25, 0.3) is 0 Å². The molecule has 0 aliphatic rings. The molecule has 0 bridgehead atoms. The average molecular weight is 400 g/mol. The topological polar surface area (TPSA) is 3.24 Å². The first kappa shape index (κ1) is 16.6. The molecule has 0 N–H and O–H groups in total. The molecular weight excluding hydrogens is 382 g/mol. The Labute approximate surface area is 162 Å². The van der Waals surface area contributed by atoms with Crippen molar-refractivity contribution in [1.29, 1.82) is 0 Å². The van der Waals surface area contributed by atoms with E-state index in [0.29, 0.717) is 0 Å². The molecule has 0 aliphatic carbocycles. The van der Waals surface area contributed by atoms with Crippen molar-refractivity contribution in [3.8, 4) is 11.1 Å². The molecule has 0 fully saturated rings. The van der Waals surface area contributed by atoms with Gasteiger partial charge < -0.3 is 4.90 Å². The van der Waals surface area contributed by atoms with E-state index in [-0.39, 0.29) is 0 Å². The molecule has 0 aliphatic heterocycles. The van der Waals surface area contributed by atoms with E-state index in [1.807, 2.05) is 12.1 Å². The summed E-state index contributed by atoms with van der Waals surface area (Å²) >= 11 is 3.53. The van der Waals surface area contributed by atoms with Crippen LogP contribution in [0.15, 0.2) is 114 Å². The number of para-hydroxylation sites is 1. The summed E-state index contributed by atoms with van der Waals surface area (Å²) in [6.45, 7) is 0. The van der Waals surface area contributed by atoms with E-state index in [4.69, 9.17) is 0 Å². The third-order valence-electron chi connectivity index (χ3n) is 4.31. The van der Waals surface area contributed by atoms with Gasteiger partial charge in [0.1, 0.15) is 0 Å². The zero-order chi connectivity index (χ0) is 17.8. The Morgan fingerprint density at radius 3 is 1.69 bits per heavy atom. The normalized spacial score (nSPS) is 10.5. The molecule has 0 spiro atoms. The van der Waals surface area contributed by atoms with Crippen LogP contribution in [-0.4, -0.2) is 0 Å². The fraction of sp³-hybridized carbons (Fsp3) is 0. The lowest BCUT2D eigenvalue weighted by atomic mass is 10.0. The number of rotatable bonds is 4. The van der Waals surface area contributed by atoms with Crippen molar-refractivity contribution >= 4 is 33.0 Å². The minimum Gasteiger partial charge on any atom is -0.310 e. The molecule has 0 unspecified atom stereocenters. The van der Waals surface area contributed by atoms with Crippen LogP contribution < -0.4 is 4.90 Å². The fourth-order valence-electron chi connectivity index (χ4n) is 3.07. The smallest absolute Gasteiger partial charge is 0.0467 e. The molecular formula is C24H18BrN. The molecule has 2 heteroatoms. The van der Waals surface area contributed by atoms with E-state index in [0.717, 1.165) is 21.5 Å². The third kappa shape index (κ3) is 3.56. The highest BCUT2D eigenvalue weighted by atomic mass is 79.9. The Balaban J connectivity index is 1.83. The maximum Gasteiger partial charge on any atom is 0.0467 e. The van der Waals surface area contributed by atoms with Crippen molar-refractivity contribution in [2.45, 2.75) is 0 Å². The van der Waals surface area contributed by atoms with Gasteiger partial charge in [0.15, 0.2) is 0 Å². The largest absolute Gasteiger partial charge is 0.310 e. The molecule has 1 nitrogen and oxygen atoms in total. The number of halogens is 1. The van der Waals surface area contributed by atoms with Crippen molar-refractivity contribution in [3.05, 3.63) is 114 Å². The van der Waals surface area contributed by atoms with Crippen LogP contribution in [0.4, 0.5) is 17.1 Å². The molecule has 0 amide bonds. The van der Waals surface area contributed by atoms with E-state index in [1.54, 1.807) is 0 Å². The van der Waals surface area contributed by atoms with E-state index in [2.05, 4.69) is 118 Å². The number of hydrogen-bond acceptors (Lipinski definition) is 1. The van der Waals surface area contributed by atoms with Crippen molar-refractivity contribution in [1.82, 2.24) is 0 Å². The summed E-state index contributed by atoms with van der Waals surface area (Å²) in [5.41, 5.74) is 5.84. The summed E-state index contributed by atoms with van der Waals surface area (Å²) in [5.74, 6) is 0. The summed E-state index contributed by atoms with van der Waals surface area (Å²) in [5, 5.41) is 0. The molecule has 0 aromatic heterocycles. The lowest BCUT2D eigenvalue weighted by molar-refractivity contribution is 1.28. The van der Waals surface area contributed by atoms with Crippen molar-refractivity contribution in [2.24, 2.45) is 0 Å². The second-order valence-electron chi connectivity index (χ2n) is 6.06. The number of benzene rings is 4. The van der Waals surface area contributed by atoms with Crippen LogP contribution in [0, 0.1) is 0 Å². The van der Waals surface area contributed by atoms with E-state index in [1.165, 1.54) is 11.1 Å². The maximum absolute atomic E-state index is 3.53. The van der Waals surface area contributed by atoms with Crippen molar-refractivity contribution in [3.63, 3.8) is 0 Å². The summed E-state index contributed by atoms with van der Waals surface area (Å²) in [6, 6.07) is 38.0. The van der Waals surface area contributed by atoms with Crippen LogP contribution in [0.5, 0.6) is 0 Å². The van der Waals surface area contributed by atoms with Crippen molar-refractivity contribution < 1.29 is 0 Å². The van der Waals surface area contributed by atoms with Crippen molar-refractivity contribution in [2.75, 3.05) is 4.90 Å². The van der Waals surface area contributed by atoms with Gasteiger partial charge in [-0.05, 0) is 59.7 Å². The third-order valence-corrected chi connectivity index (χ3v) is 4.84. The molecule has 4 aromatic rings. The van der Waals surface area contributed by atoms with E-state index in [9.17, 15) is 0 Å². The zero-order valence-corrected chi connectivity index (χ0v) is 15.8. The van der Waals surface area contributed by atoms with Gasteiger partial charge in [-0.25, -0.2) is 0 Å². The number of anilines is 3. The highest BCUT2D eigenvalue weighted by Gasteiger charge is 2.12. The monoisotopic (exact) mass is 399 g/mol. The SMILES string of the molecule is Brc1ccc(N(c2ccccc2)c2cccc(-c3ccccc3)c2)cc1. The second kappa shape index (κ2) is 7.59. The first-order valence-electron chi connectivity index (χ1n) is 8.57. The number of nitrogens with zero attached hydrogens (tertiary/aromatic N) is 1. The highest BCUT2D eigenvalue weighted by Crippen LogP contribution is 2.36. The molecule has 4 aromatic carbocycles. The number of hydrogen-bond donors (Lipinski definition) is 0. The maximum atomic E-state index is 3.53. The van der Waals surface area contributed by atoms with Gasteiger partial charge in [-0.3, -0.25) is 0 Å². The van der Waals surface area contributed by atoms with Gasteiger partial charge in [-0.15, -0.1) is 0 Å². The van der Waals surface area contributed by atoms with Gasteiger partial charge in [-0.2, -0.15) is 0 Å². The summed E-state index contributed by atoms with van der Waals surface area (Å²) < 4.78 is 1.08. The zero-order valence-electron chi connectivity index (χ0n) is 14.2. The molecule has 0 heterocycles.